The molecule has 0 atom stereocenters. The van der Waals surface area contributed by atoms with Gasteiger partial charge in [0.05, 0.1) is 34.6 Å². The Morgan fingerprint density at radius 1 is 1.12 bits per heavy atom. The molecule has 4 aromatic rings. The van der Waals surface area contributed by atoms with E-state index in [0.29, 0.717) is 17.6 Å². The van der Waals surface area contributed by atoms with Crippen LogP contribution in [0.4, 0.5) is 29.2 Å². The largest absolute Gasteiger partial charge is 0.493 e. The van der Waals surface area contributed by atoms with Crippen molar-refractivity contribution in [2.75, 3.05) is 18.1 Å². The highest BCUT2D eigenvalue weighted by molar-refractivity contribution is 6.33. The highest BCUT2D eigenvalue weighted by Crippen LogP contribution is 2.39. The molecule has 0 saturated carbocycles. The van der Waals surface area contributed by atoms with Crippen molar-refractivity contribution in [3.05, 3.63) is 59.0 Å². The number of fused-ring (bicyclic) bond motifs is 1. The molecule has 0 amide bonds. The van der Waals surface area contributed by atoms with Gasteiger partial charge in [-0.1, -0.05) is 17.7 Å². The van der Waals surface area contributed by atoms with Gasteiger partial charge < -0.3 is 9.64 Å². The average Bonchev–Trinajstić information content (AvgIpc) is 3.23. The Bertz CT molecular complexity index is 1310. The monoisotopic (exact) mass is 479 g/mol. The quantitative estimate of drug-likeness (QED) is 0.325. The Morgan fingerprint density at radius 3 is 2.58 bits per heavy atom. The molecule has 172 valence electrons. The summed E-state index contributed by atoms with van der Waals surface area (Å²) >= 11 is 6.21. The molecule has 0 saturated heterocycles. The predicted molar refractivity (Wildman–Crippen MR) is 117 cm³/mol. The standard InChI is InChI=1S/C22H18ClF4N5O/c1-3-32(16-9-8-12(10-13(16)23)22(25,26)27)21-29-15-11-28-31-19(15)20(30-21)18-14(24)6-5-7-17(18)33-4-2/h5-11H,3-4H2,1-2H3,(H,28,31). The van der Waals surface area contributed by atoms with Gasteiger partial charge in [0, 0.05) is 6.54 Å². The van der Waals surface area contributed by atoms with Crippen LogP contribution in [0.1, 0.15) is 19.4 Å². The van der Waals surface area contributed by atoms with Crippen molar-refractivity contribution in [2.24, 2.45) is 0 Å². The molecule has 33 heavy (non-hydrogen) atoms. The minimum atomic E-state index is -4.53. The van der Waals surface area contributed by atoms with Crippen molar-refractivity contribution >= 4 is 34.3 Å². The molecule has 2 aromatic carbocycles. The lowest BCUT2D eigenvalue weighted by atomic mass is 10.1. The summed E-state index contributed by atoms with van der Waals surface area (Å²) in [4.78, 5) is 10.6. The predicted octanol–water partition coefficient (Wildman–Crippen LogP) is 6.39. The number of halogens is 5. The number of rotatable bonds is 6. The van der Waals surface area contributed by atoms with Crippen molar-refractivity contribution in [3.63, 3.8) is 0 Å². The molecular formula is C22H18ClF4N5O. The molecule has 0 aliphatic carbocycles. The maximum Gasteiger partial charge on any atom is 0.416 e. The van der Waals surface area contributed by atoms with Crippen molar-refractivity contribution in [3.8, 4) is 17.0 Å². The van der Waals surface area contributed by atoms with Crippen molar-refractivity contribution in [2.45, 2.75) is 20.0 Å². The zero-order valence-corrected chi connectivity index (χ0v) is 18.3. The summed E-state index contributed by atoms with van der Waals surface area (Å²) in [5.41, 5.74) is 0.510. The number of benzene rings is 2. The van der Waals surface area contributed by atoms with Gasteiger partial charge in [-0.05, 0) is 44.2 Å². The number of nitrogens with one attached hydrogen (secondary N) is 1. The zero-order valence-electron chi connectivity index (χ0n) is 17.5. The van der Waals surface area contributed by atoms with Crippen LogP contribution in [-0.4, -0.2) is 33.3 Å². The Balaban J connectivity index is 1.90. The van der Waals surface area contributed by atoms with Crippen LogP contribution in [0, 0.1) is 5.82 Å². The SMILES string of the molecule is CCOc1cccc(F)c1-c1nc(N(CC)c2ccc(C(F)(F)F)cc2Cl)nc2cn[nH]c12. The topological polar surface area (TPSA) is 66.9 Å². The molecule has 0 bridgehead atoms. The van der Waals surface area contributed by atoms with Crippen LogP contribution in [0.5, 0.6) is 5.75 Å². The van der Waals surface area contributed by atoms with Gasteiger partial charge in [-0.25, -0.2) is 14.4 Å². The van der Waals surface area contributed by atoms with Gasteiger partial charge in [-0.3, -0.25) is 5.10 Å². The van der Waals surface area contributed by atoms with E-state index in [0.717, 1.165) is 12.1 Å². The van der Waals surface area contributed by atoms with Crippen molar-refractivity contribution in [1.82, 2.24) is 20.2 Å². The minimum Gasteiger partial charge on any atom is -0.493 e. The number of hydrogen-bond donors (Lipinski definition) is 1. The summed E-state index contributed by atoms with van der Waals surface area (Å²) in [7, 11) is 0. The summed E-state index contributed by atoms with van der Waals surface area (Å²) in [6.45, 7) is 4.13. The van der Waals surface area contributed by atoms with Gasteiger partial charge in [0.15, 0.2) is 0 Å². The van der Waals surface area contributed by atoms with Gasteiger partial charge in [0.2, 0.25) is 5.95 Å². The van der Waals surface area contributed by atoms with E-state index >= 15 is 0 Å². The van der Waals surface area contributed by atoms with E-state index in [-0.39, 0.29) is 40.2 Å². The summed E-state index contributed by atoms with van der Waals surface area (Å²) in [5.74, 6) is -0.153. The minimum absolute atomic E-state index is 0.117. The Labute approximate surface area is 191 Å². The lowest BCUT2D eigenvalue weighted by molar-refractivity contribution is -0.137. The number of nitrogens with zero attached hydrogens (tertiary/aromatic N) is 4. The lowest BCUT2D eigenvalue weighted by Gasteiger charge is -2.23. The molecule has 0 spiro atoms. The van der Waals surface area contributed by atoms with Gasteiger partial charge >= 0.3 is 6.18 Å². The lowest BCUT2D eigenvalue weighted by Crippen LogP contribution is -2.20. The van der Waals surface area contributed by atoms with E-state index in [1.807, 2.05) is 0 Å². The van der Waals surface area contributed by atoms with Gasteiger partial charge in [0.25, 0.3) is 0 Å². The molecule has 0 aliphatic rings. The third-order valence-corrected chi connectivity index (χ3v) is 5.23. The molecule has 4 rings (SSSR count). The number of alkyl halides is 3. The van der Waals surface area contributed by atoms with Crippen LogP contribution < -0.4 is 9.64 Å². The highest BCUT2D eigenvalue weighted by Gasteiger charge is 2.31. The van der Waals surface area contributed by atoms with Crippen molar-refractivity contribution in [1.29, 1.82) is 0 Å². The Kier molecular flexibility index (Phi) is 6.11. The summed E-state index contributed by atoms with van der Waals surface area (Å²) in [5, 5.41) is 6.64. The number of anilines is 2. The van der Waals surface area contributed by atoms with E-state index in [2.05, 4.69) is 20.2 Å². The van der Waals surface area contributed by atoms with Crippen LogP contribution in [-0.2, 0) is 6.18 Å². The maximum absolute atomic E-state index is 14.9. The molecule has 1 N–H and O–H groups in total. The molecule has 0 radical (unpaired) electrons. The highest BCUT2D eigenvalue weighted by atomic mass is 35.5. The third-order valence-electron chi connectivity index (χ3n) is 4.92. The first kappa shape index (κ1) is 22.8. The number of aromatic amines is 1. The van der Waals surface area contributed by atoms with Crippen LogP contribution in [0.3, 0.4) is 0 Å². The summed E-state index contributed by atoms with van der Waals surface area (Å²) in [6.07, 6.45) is -3.08. The molecule has 0 aliphatic heterocycles. The van der Waals surface area contributed by atoms with Crippen LogP contribution in [0.25, 0.3) is 22.3 Å². The number of aromatic nitrogens is 4. The fourth-order valence-corrected chi connectivity index (χ4v) is 3.74. The second-order valence-electron chi connectivity index (χ2n) is 6.96. The van der Waals surface area contributed by atoms with Gasteiger partial charge in [-0.15, -0.1) is 0 Å². The second kappa shape index (κ2) is 8.86. The fourth-order valence-electron chi connectivity index (χ4n) is 3.46. The first-order chi connectivity index (χ1) is 15.7. The molecular weight excluding hydrogens is 462 g/mol. The van der Waals surface area contributed by atoms with E-state index in [1.54, 1.807) is 24.8 Å². The third kappa shape index (κ3) is 4.30. The van der Waals surface area contributed by atoms with Gasteiger partial charge in [0.1, 0.15) is 28.3 Å². The van der Waals surface area contributed by atoms with E-state index in [1.165, 1.54) is 24.4 Å². The number of hydrogen-bond acceptors (Lipinski definition) is 5. The first-order valence-corrected chi connectivity index (χ1v) is 10.4. The summed E-state index contributed by atoms with van der Waals surface area (Å²) in [6, 6.07) is 7.47. The number of ether oxygens (including phenoxy) is 1. The molecule has 0 fully saturated rings. The van der Waals surface area contributed by atoms with Crippen LogP contribution in [0.15, 0.2) is 42.6 Å². The van der Waals surface area contributed by atoms with Crippen LogP contribution in [0.2, 0.25) is 5.02 Å². The average molecular weight is 480 g/mol. The first-order valence-electron chi connectivity index (χ1n) is 10.0. The van der Waals surface area contributed by atoms with Gasteiger partial charge in [-0.2, -0.15) is 18.3 Å². The van der Waals surface area contributed by atoms with E-state index in [4.69, 9.17) is 16.3 Å². The molecule has 6 nitrogen and oxygen atoms in total. The second-order valence-corrected chi connectivity index (χ2v) is 7.36. The Morgan fingerprint density at radius 2 is 1.91 bits per heavy atom. The number of H-pyrrole nitrogens is 1. The molecule has 11 heteroatoms. The van der Waals surface area contributed by atoms with Crippen molar-refractivity contribution < 1.29 is 22.3 Å². The fraction of sp³-hybridized carbons (Fsp3) is 0.227. The van der Waals surface area contributed by atoms with E-state index < -0.39 is 17.6 Å². The Hall–Kier alpha value is -3.40. The van der Waals surface area contributed by atoms with Crippen LogP contribution >= 0.6 is 11.6 Å². The molecule has 2 heterocycles. The van der Waals surface area contributed by atoms with E-state index in [9.17, 15) is 17.6 Å². The normalized spacial score (nSPS) is 11.7. The zero-order chi connectivity index (χ0) is 23.8. The molecule has 0 unspecified atom stereocenters. The smallest absolute Gasteiger partial charge is 0.416 e. The molecule has 2 aromatic heterocycles. The maximum atomic E-state index is 14.9. The summed E-state index contributed by atoms with van der Waals surface area (Å²) < 4.78 is 59.7.